The Morgan fingerprint density at radius 1 is 1.20 bits per heavy atom. The van der Waals surface area contributed by atoms with Gasteiger partial charge in [0.15, 0.2) is 0 Å². The van der Waals surface area contributed by atoms with Gasteiger partial charge in [-0.2, -0.15) is 0 Å². The number of thiophene rings is 1. The van der Waals surface area contributed by atoms with Gasteiger partial charge in [0.25, 0.3) is 5.91 Å². The fourth-order valence-electron chi connectivity index (χ4n) is 2.22. The van der Waals surface area contributed by atoms with Crippen molar-refractivity contribution < 1.29 is 4.79 Å². The standard InChI is InChI=1S/C16H15Cl2N5OS/c1-10-21-13(9-14(22-10)23-6-2-3-7-23)19-4-5-20-16(24)11-8-12(17)25-15(11)18/h2-3,6-9H,4-5H2,1H3,(H,20,24)(H,19,21,22). The number of halogens is 2. The molecule has 3 rings (SSSR count). The summed E-state index contributed by atoms with van der Waals surface area (Å²) >= 11 is 13.0. The van der Waals surface area contributed by atoms with Crippen LogP contribution in [0, 0.1) is 6.92 Å². The average molecular weight is 396 g/mol. The van der Waals surface area contributed by atoms with Gasteiger partial charge in [0.05, 0.1) is 9.90 Å². The van der Waals surface area contributed by atoms with E-state index in [1.165, 1.54) is 11.3 Å². The van der Waals surface area contributed by atoms with E-state index in [0.29, 0.717) is 39.0 Å². The van der Waals surface area contributed by atoms with Crippen LogP contribution >= 0.6 is 34.5 Å². The minimum Gasteiger partial charge on any atom is -0.368 e. The lowest BCUT2D eigenvalue weighted by Gasteiger charge is -2.10. The number of hydrogen-bond acceptors (Lipinski definition) is 5. The summed E-state index contributed by atoms with van der Waals surface area (Å²) in [7, 11) is 0. The lowest BCUT2D eigenvalue weighted by molar-refractivity contribution is 0.0956. The van der Waals surface area contributed by atoms with Crippen molar-refractivity contribution in [3.05, 3.63) is 56.7 Å². The van der Waals surface area contributed by atoms with Crippen LogP contribution in [0.4, 0.5) is 5.82 Å². The summed E-state index contributed by atoms with van der Waals surface area (Å²) in [5.74, 6) is 1.89. The first-order chi connectivity index (χ1) is 12.0. The molecule has 0 fully saturated rings. The average Bonchev–Trinajstić information content (AvgIpc) is 3.20. The lowest BCUT2D eigenvalue weighted by Crippen LogP contribution is -2.28. The van der Waals surface area contributed by atoms with Crippen LogP contribution in [-0.2, 0) is 0 Å². The highest BCUT2D eigenvalue weighted by molar-refractivity contribution is 7.20. The van der Waals surface area contributed by atoms with Crippen LogP contribution in [0.25, 0.3) is 5.82 Å². The van der Waals surface area contributed by atoms with Gasteiger partial charge in [0.2, 0.25) is 0 Å². The lowest BCUT2D eigenvalue weighted by atomic mass is 10.3. The molecule has 2 N–H and O–H groups in total. The van der Waals surface area contributed by atoms with E-state index in [4.69, 9.17) is 23.2 Å². The Bertz CT molecular complexity index is 879. The maximum absolute atomic E-state index is 12.0. The van der Waals surface area contributed by atoms with E-state index in [9.17, 15) is 4.79 Å². The Morgan fingerprint density at radius 3 is 2.64 bits per heavy atom. The van der Waals surface area contributed by atoms with E-state index in [-0.39, 0.29) is 5.91 Å². The molecule has 0 aliphatic rings. The maximum atomic E-state index is 12.0. The summed E-state index contributed by atoms with van der Waals surface area (Å²) in [6.45, 7) is 2.77. The highest BCUT2D eigenvalue weighted by Gasteiger charge is 2.13. The first-order valence-corrected chi connectivity index (χ1v) is 9.06. The third kappa shape index (κ3) is 4.50. The number of rotatable bonds is 6. The Labute approximate surface area is 158 Å². The molecule has 0 bridgehead atoms. The van der Waals surface area contributed by atoms with Crippen LogP contribution in [0.3, 0.4) is 0 Å². The summed E-state index contributed by atoms with van der Waals surface area (Å²) in [5.41, 5.74) is 0.393. The van der Waals surface area contributed by atoms with Gasteiger partial charge in [-0.25, -0.2) is 9.97 Å². The Balaban J connectivity index is 1.56. The van der Waals surface area contributed by atoms with Gasteiger partial charge in [-0.3, -0.25) is 4.79 Å². The molecule has 3 aromatic heterocycles. The van der Waals surface area contributed by atoms with Gasteiger partial charge in [0, 0.05) is 31.5 Å². The second-order valence-corrected chi connectivity index (χ2v) is 7.46. The van der Waals surface area contributed by atoms with Crippen LogP contribution in [0.5, 0.6) is 0 Å². The Hall–Kier alpha value is -2.09. The maximum Gasteiger partial charge on any atom is 0.253 e. The van der Waals surface area contributed by atoms with E-state index < -0.39 is 0 Å². The van der Waals surface area contributed by atoms with Crippen molar-refractivity contribution in [2.75, 3.05) is 18.4 Å². The zero-order chi connectivity index (χ0) is 17.8. The molecule has 0 aliphatic carbocycles. The molecule has 0 spiro atoms. The van der Waals surface area contributed by atoms with Crippen molar-refractivity contribution in [1.82, 2.24) is 19.9 Å². The van der Waals surface area contributed by atoms with Crippen LogP contribution < -0.4 is 10.6 Å². The second-order valence-electron chi connectivity index (χ2n) is 5.17. The summed E-state index contributed by atoms with van der Waals surface area (Å²) in [6.07, 6.45) is 3.84. The molecule has 0 aromatic carbocycles. The number of hydrogen-bond donors (Lipinski definition) is 2. The number of aromatic nitrogens is 3. The molecule has 1 amide bonds. The van der Waals surface area contributed by atoms with Crippen LogP contribution in [0.1, 0.15) is 16.2 Å². The van der Waals surface area contributed by atoms with Crippen molar-refractivity contribution in [3.8, 4) is 5.82 Å². The largest absolute Gasteiger partial charge is 0.368 e. The molecule has 0 atom stereocenters. The molecule has 9 heteroatoms. The highest BCUT2D eigenvalue weighted by atomic mass is 35.5. The third-order valence-electron chi connectivity index (χ3n) is 3.31. The minimum atomic E-state index is -0.248. The van der Waals surface area contributed by atoms with E-state index in [0.717, 1.165) is 5.82 Å². The SMILES string of the molecule is Cc1nc(NCCNC(=O)c2cc(Cl)sc2Cl)cc(-n2cccc2)n1. The van der Waals surface area contributed by atoms with E-state index >= 15 is 0 Å². The highest BCUT2D eigenvalue weighted by Crippen LogP contribution is 2.30. The molecule has 25 heavy (non-hydrogen) atoms. The smallest absolute Gasteiger partial charge is 0.253 e. The van der Waals surface area contributed by atoms with Gasteiger partial charge in [0.1, 0.15) is 21.8 Å². The van der Waals surface area contributed by atoms with Crippen molar-refractivity contribution in [1.29, 1.82) is 0 Å². The summed E-state index contributed by atoms with van der Waals surface area (Å²) in [4.78, 5) is 20.8. The van der Waals surface area contributed by atoms with E-state index in [2.05, 4.69) is 20.6 Å². The topological polar surface area (TPSA) is 71.8 Å². The third-order valence-corrected chi connectivity index (χ3v) is 4.80. The fourth-order valence-corrected chi connectivity index (χ4v) is 3.68. The number of anilines is 1. The molecule has 0 unspecified atom stereocenters. The first kappa shape index (κ1) is 17.7. The predicted octanol–water partition coefficient (Wildman–Crippen LogP) is 3.79. The van der Waals surface area contributed by atoms with Crippen molar-refractivity contribution in [3.63, 3.8) is 0 Å². The van der Waals surface area contributed by atoms with Gasteiger partial charge in [-0.15, -0.1) is 11.3 Å². The Kier molecular flexibility index (Phi) is 5.57. The number of carbonyl (C=O) groups is 1. The van der Waals surface area contributed by atoms with Crippen LogP contribution in [-0.4, -0.2) is 33.5 Å². The van der Waals surface area contributed by atoms with Crippen molar-refractivity contribution in [2.24, 2.45) is 0 Å². The number of nitrogens with one attached hydrogen (secondary N) is 2. The zero-order valence-electron chi connectivity index (χ0n) is 13.3. The molecule has 0 saturated carbocycles. The summed E-state index contributed by atoms with van der Waals surface area (Å²) in [5, 5.41) is 5.97. The Morgan fingerprint density at radius 2 is 1.96 bits per heavy atom. The minimum absolute atomic E-state index is 0.248. The van der Waals surface area contributed by atoms with Crippen molar-refractivity contribution >= 4 is 46.3 Å². The summed E-state index contributed by atoms with van der Waals surface area (Å²) in [6, 6.07) is 7.28. The molecule has 3 heterocycles. The second kappa shape index (κ2) is 7.86. The van der Waals surface area contributed by atoms with Gasteiger partial charge in [-0.05, 0) is 25.1 Å². The quantitative estimate of drug-likeness (QED) is 0.622. The van der Waals surface area contributed by atoms with E-state index in [1.807, 2.05) is 42.1 Å². The number of aryl methyl sites for hydroxylation is 1. The zero-order valence-corrected chi connectivity index (χ0v) is 15.6. The fraction of sp³-hybridized carbons (Fsp3) is 0.188. The normalized spacial score (nSPS) is 10.7. The molecular formula is C16H15Cl2N5OS. The number of carbonyl (C=O) groups excluding carboxylic acids is 1. The molecule has 0 aliphatic heterocycles. The number of amides is 1. The first-order valence-electron chi connectivity index (χ1n) is 7.49. The molecule has 130 valence electrons. The number of nitrogens with zero attached hydrogens (tertiary/aromatic N) is 3. The predicted molar refractivity (Wildman–Crippen MR) is 101 cm³/mol. The van der Waals surface area contributed by atoms with Crippen LogP contribution in [0.15, 0.2) is 36.7 Å². The molecular weight excluding hydrogens is 381 g/mol. The monoisotopic (exact) mass is 395 g/mol. The van der Waals surface area contributed by atoms with Crippen molar-refractivity contribution in [2.45, 2.75) is 6.92 Å². The van der Waals surface area contributed by atoms with Gasteiger partial charge < -0.3 is 15.2 Å². The molecule has 6 nitrogen and oxygen atoms in total. The van der Waals surface area contributed by atoms with E-state index in [1.54, 1.807) is 6.07 Å². The molecule has 0 saturated heterocycles. The van der Waals surface area contributed by atoms with Crippen LogP contribution in [0.2, 0.25) is 8.67 Å². The molecule has 3 aromatic rings. The molecule has 0 radical (unpaired) electrons. The summed E-state index contributed by atoms with van der Waals surface area (Å²) < 4.78 is 2.78. The van der Waals surface area contributed by atoms with Gasteiger partial charge >= 0.3 is 0 Å². The van der Waals surface area contributed by atoms with Gasteiger partial charge in [-0.1, -0.05) is 23.2 Å².